The van der Waals surface area contributed by atoms with Gasteiger partial charge >= 0.3 is 6.03 Å². The van der Waals surface area contributed by atoms with Gasteiger partial charge in [-0.3, -0.25) is 9.59 Å². The van der Waals surface area contributed by atoms with Crippen LogP contribution in [0.3, 0.4) is 0 Å². The first-order valence-electron chi connectivity index (χ1n) is 10.7. The summed E-state index contributed by atoms with van der Waals surface area (Å²) >= 11 is 0. The molecule has 1 fully saturated rings. The van der Waals surface area contributed by atoms with Crippen molar-refractivity contribution in [3.05, 3.63) is 95.4 Å². The largest absolute Gasteiger partial charge is 0.493 e. The summed E-state index contributed by atoms with van der Waals surface area (Å²) in [6.45, 7) is -0.206. The molecule has 3 aromatic carbocycles. The van der Waals surface area contributed by atoms with Gasteiger partial charge in [0.2, 0.25) is 5.91 Å². The van der Waals surface area contributed by atoms with Gasteiger partial charge in [-0.15, -0.1) is 0 Å². The fourth-order valence-electron chi connectivity index (χ4n) is 3.41. The molecule has 2 N–H and O–H groups in total. The number of carbonyl (C=O) groups is 3. The summed E-state index contributed by atoms with van der Waals surface area (Å²) in [5, 5.41) is 4.80. The Morgan fingerprint density at radius 1 is 1.03 bits per heavy atom. The summed E-state index contributed by atoms with van der Waals surface area (Å²) < 4.78 is 25.0. The molecule has 1 aliphatic heterocycles. The van der Waals surface area contributed by atoms with Crippen LogP contribution >= 0.6 is 0 Å². The lowest BCUT2D eigenvalue weighted by Crippen LogP contribution is -2.38. The van der Waals surface area contributed by atoms with Gasteiger partial charge in [-0.25, -0.2) is 14.1 Å². The maximum absolute atomic E-state index is 13.7. The van der Waals surface area contributed by atoms with Crippen molar-refractivity contribution < 1.29 is 28.2 Å². The number of urea groups is 1. The van der Waals surface area contributed by atoms with Crippen molar-refractivity contribution in [3.8, 4) is 11.5 Å². The highest BCUT2D eigenvalue weighted by atomic mass is 19.1. The van der Waals surface area contributed by atoms with Gasteiger partial charge in [0, 0.05) is 0 Å². The van der Waals surface area contributed by atoms with Crippen LogP contribution in [0.1, 0.15) is 11.1 Å². The molecule has 0 saturated carbocycles. The molecule has 4 rings (SSSR count). The zero-order valence-electron chi connectivity index (χ0n) is 18.8. The summed E-state index contributed by atoms with van der Waals surface area (Å²) in [4.78, 5) is 38.0. The fraction of sp³-hybridized carbons (Fsp3) is 0.115. The monoisotopic (exact) mass is 475 g/mol. The Labute approximate surface area is 201 Å². The molecule has 1 aliphatic rings. The molecule has 0 unspecified atom stereocenters. The van der Waals surface area contributed by atoms with Gasteiger partial charge in [0.1, 0.15) is 24.7 Å². The SMILES string of the molecule is COc1cc(/C=C2/NC(=O)N(CC(=O)Nc3ccccc3F)C2=O)ccc1OCc1ccccc1. The second-order valence-corrected chi connectivity index (χ2v) is 7.59. The van der Waals surface area contributed by atoms with Gasteiger partial charge < -0.3 is 20.1 Å². The van der Waals surface area contributed by atoms with Crippen molar-refractivity contribution in [1.29, 1.82) is 0 Å². The molecule has 1 saturated heterocycles. The number of anilines is 1. The Kier molecular flexibility index (Phi) is 7.06. The topological polar surface area (TPSA) is 97.0 Å². The second kappa shape index (κ2) is 10.5. The lowest BCUT2D eigenvalue weighted by atomic mass is 10.1. The third kappa shape index (κ3) is 5.64. The number of hydrogen-bond donors (Lipinski definition) is 2. The van der Waals surface area contributed by atoms with E-state index in [4.69, 9.17) is 9.47 Å². The molecule has 4 amide bonds. The molecule has 178 valence electrons. The summed E-state index contributed by atoms with van der Waals surface area (Å²) in [5.74, 6) is -1.04. The first-order valence-corrected chi connectivity index (χ1v) is 10.7. The number of amides is 4. The van der Waals surface area contributed by atoms with E-state index in [1.54, 1.807) is 24.3 Å². The van der Waals surface area contributed by atoms with E-state index < -0.39 is 30.2 Å². The average molecular weight is 475 g/mol. The fourth-order valence-corrected chi connectivity index (χ4v) is 3.41. The molecular weight excluding hydrogens is 453 g/mol. The van der Waals surface area contributed by atoms with Crippen LogP contribution in [0.25, 0.3) is 6.08 Å². The number of benzene rings is 3. The summed E-state index contributed by atoms with van der Waals surface area (Å²) in [5.41, 5.74) is 1.53. The van der Waals surface area contributed by atoms with Crippen molar-refractivity contribution >= 4 is 29.6 Å². The van der Waals surface area contributed by atoms with Crippen LogP contribution in [-0.4, -0.2) is 36.4 Å². The van der Waals surface area contributed by atoms with E-state index in [0.717, 1.165) is 10.5 Å². The molecule has 0 atom stereocenters. The van der Waals surface area contributed by atoms with E-state index in [-0.39, 0.29) is 11.4 Å². The molecule has 0 bridgehead atoms. The average Bonchev–Trinajstić information content (AvgIpc) is 3.12. The van der Waals surface area contributed by atoms with E-state index >= 15 is 0 Å². The number of hydrogen-bond acceptors (Lipinski definition) is 5. The Morgan fingerprint density at radius 2 is 1.77 bits per heavy atom. The van der Waals surface area contributed by atoms with Crippen LogP contribution in [0.4, 0.5) is 14.9 Å². The zero-order valence-corrected chi connectivity index (χ0v) is 18.8. The van der Waals surface area contributed by atoms with E-state index in [9.17, 15) is 18.8 Å². The van der Waals surface area contributed by atoms with Crippen LogP contribution < -0.4 is 20.1 Å². The first kappa shape index (κ1) is 23.5. The molecule has 1 heterocycles. The van der Waals surface area contributed by atoms with Gasteiger partial charge in [-0.05, 0) is 41.5 Å². The minimum Gasteiger partial charge on any atom is -0.493 e. The van der Waals surface area contributed by atoms with Gasteiger partial charge in [0.05, 0.1) is 12.8 Å². The van der Waals surface area contributed by atoms with Crippen molar-refractivity contribution in [1.82, 2.24) is 10.2 Å². The van der Waals surface area contributed by atoms with E-state index in [1.807, 2.05) is 30.3 Å². The maximum atomic E-state index is 13.7. The van der Waals surface area contributed by atoms with Crippen molar-refractivity contribution in [3.63, 3.8) is 0 Å². The van der Waals surface area contributed by atoms with Gasteiger partial charge in [-0.1, -0.05) is 48.5 Å². The number of nitrogens with one attached hydrogen (secondary N) is 2. The normalized spacial score (nSPS) is 14.1. The first-order chi connectivity index (χ1) is 16.9. The molecular formula is C26H22FN3O5. The van der Waals surface area contributed by atoms with Crippen molar-refractivity contribution in [2.24, 2.45) is 0 Å². The summed E-state index contributed by atoms with van der Waals surface area (Å²) in [6, 6.07) is 19.6. The highest BCUT2D eigenvalue weighted by molar-refractivity contribution is 6.16. The Morgan fingerprint density at radius 3 is 2.51 bits per heavy atom. The van der Waals surface area contributed by atoms with Crippen molar-refractivity contribution in [2.75, 3.05) is 19.0 Å². The van der Waals surface area contributed by atoms with E-state index in [1.165, 1.54) is 31.4 Å². The lowest BCUT2D eigenvalue weighted by molar-refractivity contribution is -0.127. The molecule has 9 heteroatoms. The number of carbonyl (C=O) groups excluding carboxylic acids is 3. The molecule has 0 spiro atoms. The minimum absolute atomic E-state index is 0.00583. The molecule has 35 heavy (non-hydrogen) atoms. The van der Waals surface area contributed by atoms with Crippen LogP contribution in [0.15, 0.2) is 78.5 Å². The predicted molar refractivity (Wildman–Crippen MR) is 127 cm³/mol. The Hall–Kier alpha value is -4.66. The standard InChI is InChI=1S/C26H22FN3O5/c1-34-23-14-18(11-12-22(23)35-16-17-7-3-2-4-8-17)13-21-25(32)30(26(33)29-21)15-24(31)28-20-10-6-5-9-19(20)27/h2-14H,15-16H2,1H3,(H,28,31)(H,29,33)/b21-13+. The third-order valence-corrected chi connectivity index (χ3v) is 5.15. The van der Waals surface area contributed by atoms with Crippen LogP contribution in [0.5, 0.6) is 11.5 Å². The highest BCUT2D eigenvalue weighted by Crippen LogP contribution is 2.30. The van der Waals surface area contributed by atoms with E-state index in [0.29, 0.717) is 23.7 Å². The minimum atomic E-state index is -0.750. The predicted octanol–water partition coefficient (Wildman–Crippen LogP) is 3.94. The summed E-state index contributed by atoms with van der Waals surface area (Å²) in [6.07, 6.45) is 1.47. The quantitative estimate of drug-likeness (QED) is 0.380. The van der Waals surface area contributed by atoms with Gasteiger partial charge in [0.25, 0.3) is 5.91 Å². The van der Waals surface area contributed by atoms with Crippen LogP contribution in [0, 0.1) is 5.82 Å². The van der Waals surface area contributed by atoms with Gasteiger partial charge in [0.15, 0.2) is 11.5 Å². The van der Waals surface area contributed by atoms with Crippen LogP contribution in [0.2, 0.25) is 0 Å². The van der Waals surface area contributed by atoms with Gasteiger partial charge in [-0.2, -0.15) is 0 Å². The number of methoxy groups -OCH3 is 1. The molecule has 0 aliphatic carbocycles. The number of rotatable bonds is 8. The number of para-hydroxylation sites is 1. The molecule has 8 nitrogen and oxygen atoms in total. The Balaban J connectivity index is 1.43. The number of halogens is 1. The Bertz CT molecular complexity index is 1290. The lowest BCUT2D eigenvalue weighted by Gasteiger charge is -2.12. The number of ether oxygens (including phenoxy) is 2. The second-order valence-electron chi connectivity index (χ2n) is 7.59. The molecule has 0 aromatic heterocycles. The zero-order chi connectivity index (χ0) is 24.8. The molecule has 3 aromatic rings. The van der Waals surface area contributed by atoms with Crippen molar-refractivity contribution in [2.45, 2.75) is 6.61 Å². The maximum Gasteiger partial charge on any atom is 0.329 e. The summed E-state index contributed by atoms with van der Waals surface area (Å²) in [7, 11) is 1.50. The smallest absolute Gasteiger partial charge is 0.329 e. The third-order valence-electron chi connectivity index (χ3n) is 5.15. The number of nitrogens with zero attached hydrogens (tertiary/aromatic N) is 1. The van der Waals surface area contributed by atoms with E-state index in [2.05, 4.69) is 10.6 Å². The highest BCUT2D eigenvalue weighted by Gasteiger charge is 2.35. The van der Waals surface area contributed by atoms with Crippen LogP contribution in [-0.2, 0) is 16.2 Å². The molecule has 0 radical (unpaired) electrons. The number of imide groups is 1.